The molecule has 4 rings (SSSR count). The third-order valence-electron chi connectivity index (χ3n) is 5.19. The van der Waals surface area contributed by atoms with Crippen LogP contribution in [0.1, 0.15) is 51.0 Å². The van der Waals surface area contributed by atoms with Gasteiger partial charge >= 0.3 is 5.69 Å². The highest BCUT2D eigenvalue weighted by molar-refractivity contribution is 5.90. The van der Waals surface area contributed by atoms with Crippen molar-refractivity contribution in [1.82, 2.24) is 30.0 Å². The number of H-pyrrole nitrogens is 1. The van der Waals surface area contributed by atoms with E-state index in [4.69, 9.17) is 9.51 Å². The van der Waals surface area contributed by atoms with Crippen LogP contribution in [0, 0.1) is 5.92 Å². The van der Waals surface area contributed by atoms with Gasteiger partial charge in [0.25, 0.3) is 11.4 Å². The Bertz CT molecular complexity index is 1160. The van der Waals surface area contributed by atoms with E-state index >= 15 is 0 Å². The summed E-state index contributed by atoms with van der Waals surface area (Å²) in [6.07, 6.45) is 2.70. The molecular weight excluding hydrogens is 408 g/mol. The molecule has 1 fully saturated rings. The number of hydrogen-bond acceptors (Lipinski definition) is 7. The highest BCUT2D eigenvalue weighted by Gasteiger charge is 2.29. The van der Waals surface area contributed by atoms with Crippen LogP contribution in [0.4, 0.5) is 0 Å². The summed E-state index contributed by atoms with van der Waals surface area (Å²) in [5, 5.41) is 7.52. The molecule has 0 bridgehead atoms. The van der Waals surface area contributed by atoms with Crippen LogP contribution in [0.2, 0.25) is 0 Å². The fourth-order valence-corrected chi connectivity index (χ4v) is 3.41. The molecule has 30 heavy (non-hydrogen) atoms. The zero-order chi connectivity index (χ0) is 20.7. The van der Waals surface area contributed by atoms with Gasteiger partial charge in [-0.15, -0.1) is 12.4 Å². The van der Waals surface area contributed by atoms with Gasteiger partial charge in [-0.1, -0.05) is 19.0 Å². The fraction of sp³-hybridized carbons (Fsp3) is 0.550. The molecule has 162 valence electrons. The molecule has 1 saturated carbocycles. The second kappa shape index (κ2) is 8.69. The Morgan fingerprint density at radius 3 is 2.63 bits per heavy atom. The zero-order valence-corrected chi connectivity index (χ0v) is 18.4. The quantitative estimate of drug-likeness (QED) is 0.585. The van der Waals surface area contributed by atoms with Crippen LogP contribution in [0.25, 0.3) is 22.5 Å². The lowest BCUT2D eigenvalue weighted by Gasteiger charge is -2.13. The Morgan fingerprint density at radius 1 is 1.27 bits per heavy atom. The minimum Gasteiger partial charge on any atom is -0.334 e. The van der Waals surface area contributed by atoms with Crippen LogP contribution < -0.4 is 16.6 Å². The Kier molecular flexibility index (Phi) is 6.42. The van der Waals surface area contributed by atoms with Crippen molar-refractivity contribution in [3.8, 4) is 11.5 Å². The second-order valence-electron chi connectivity index (χ2n) is 8.24. The Labute approximate surface area is 179 Å². The SMILES string of the molecule is CNC(C)Cc1noc(-c2cc(C3CC3)nc3c2c(=O)[nH]c(=O)n3CC(C)C)n1.Cl. The number of pyridine rings is 1. The molecule has 0 spiro atoms. The van der Waals surface area contributed by atoms with Gasteiger partial charge in [-0.05, 0) is 38.8 Å². The van der Waals surface area contributed by atoms with E-state index in [0.29, 0.717) is 41.3 Å². The van der Waals surface area contributed by atoms with Crippen molar-refractivity contribution in [2.45, 2.75) is 58.5 Å². The minimum atomic E-state index is -0.488. The summed E-state index contributed by atoms with van der Waals surface area (Å²) in [7, 11) is 1.87. The molecular formula is C20H27ClN6O3. The number of aromatic amines is 1. The number of nitrogens with zero attached hydrogens (tertiary/aromatic N) is 4. The molecule has 9 nitrogen and oxygen atoms in total. The number of nitrogens with one attached hydrogen (secondary N) is 2. The van der Waals surface area contributed by atoms with Gasteiger partial charge in [0.1, 0.15) is 0 Å². The summed E-state index contributed by atoms with van der Waals surface area (Å²) in [5.41, 5.74) is 0.843. The van der Waals surface area contributed by atoms with E-state index in [-0.39, 0.29) is 30.3 Å². The first kappa shape index (κ1) is 22.2. The van der Waals surface area contributed by atoms with Crippen LogP contribution in [0.5, 0.6) is 0 Å². The molecule has 1 unspecified atom stereocenters. The number of fused-ring (bicyclic) bond motifs is 1. The van der Waals surface area contributed by atoms with Gasteiger partial charge in [0.05, 0.1) is 10.9 Å². The van der Waals surface area contributed by atoms with Gasteiger partial charge in [-0.2, -0.15) is 4.98 Å². The first-order valence-electron chi connectivity index (χ1n) is 10.0. The maximum atomic E-state index is 12.8. The summed E-state index contributed by atoms with van der Waals surface area (Å²) in [6.45, 7) is 6.52. The average molecular weight is 435 g/mol. The van der Waals surface area contributed by atoms with E-state index in [1.165, 1.54) is 4.57 Å². The van der Waals surface area contributed by atoms with Gasteiger partial charge in [0, 0.05) is 30.6 Å². The lowest BCUT2D eigenvalue weighted by Crippen LogP contribution is -2.32. The van der Waals surface area contributed by atoms with Crippen LogP contribution in [-0.4, -0.2) is 37.8 Å². The van der Waals surface area contributed by atoms with E-state index in [2.05, 4.69) is 20.4 Å². The van der Waals surface area contributed by atoms with Crippen LogP contribution >= 0.6 is 12.4 Å². The van der Waals surface area contributed by atoms with Crippen molar-refractivity contribution in [3.63, 3.8) is 0 Å². The van der Waals surface area contributed by atoms with Gasteiger partial charge in [-0.25, -0.2) is 9.78 Å². The van der Waals surface area contributed by atoms with Crippen molar-refractivity contribution in [2.75, 3.05) is 7.05 Å². The highest BCUT2D eigenvalue weighted by Crippen LogP contribution is 2.41. The van der Waals surface area contributed by atoms with Crippen molar-refractivity contribution in [1.29, 1.82) is 0 Å². The molecule has 0 aromatic carbocycles. The lowest BCUT2D eigenvalue weighted by atomic mass is 10.1. The molecule has 3 heterocycles. The largest absolute Gasteiger partial charge is 0.334 e. The van der Waals surface area contributed by atoms with Gasteiger partial charge in [-0.3, -0.25) is 14.3 Å². The molecule has 0 radical (unpaired) electrons. The summed E-state index contributed by atoms with van der Waals surface area (Å²) in [4.78, 5) is 36.9. The van der Waals surface area contributed by atoms with Gasteiger partial charge in [0.2, 0.25) is 0 Å². The van der Waals surface area contributed by atoms with E-state index in [1.54, 1.807) is 0 Å². The summed E-state index contributed by atoms with van der Waals surface area (Å²) < 4.78 is 7.05. The normalized spacial score (nSPS) is 14.8. The molecule has 1 aliphatic carbocycles. The van der Waals surface area contributed by atoms with Crippen molar-refractivity contribution in [2.24, 2.45) is 5.92 Å². The Hall–Kier alpha value is -2.52. The molecule has 3 aromatic rings. The lowest BCUT2D eigenvalue weighted by molar-refractivity contribution is 0.418. The summed E-state index contributed by atoms with van der Waals surface area (Å²) in [5.74, 6) is 1.39. The average Bonchev–Trinajstić information content (AvgIpc) is 3.43. The first-order valence-corrected chi connectivity index (χ1v) is 10.0. The van der Waals surface area contributed by atoms with Crippen LogP contribution in [-0.2, 0) is 13.0 Å². The van der Waals surface area contributed by atoms with Crippen molar-refractivity contribution in [3.05, 3.63) is 38.4 Å². The fourth-order valence-electron chi connectivity index (χ4n) is 3.41. The Morgan fingerprint density at radius 2 is 2.00 bits per heavy atom. The number of aromatic nitrogens is 5. The molecule has 1 atom stereocenters. The highest BCUT2D eigenvalue weighted by atomic mass is 35.5. The maximum Gasteiger partial charge on any atom is 0.330 e. The third-order valence-corrected chi connectivity index (χ3v) is 5.19. The number of rotatable bonds is 7. The van der Waals surface area contributed by atoms with E-state index in [1.807, 2.05) is 33.9 Å². The number of hydrogen-bond donors (Lipinski definition) is 2. The Balaban J connectivity index is 0.00000256. The zero-order valence-electron chi connectivity index (χ0n) is 17.6. The molecule has 0 aliphatic heterocycles. The molecule has 2 N–H and O–H groups in total. The van der Waals surface area contributed by atoms with Crippen molar-refractivity contribution >= 4 is 23.4 Å². The van der Waals surface area contributed by atoms with E-state index < -0.39 is 11.2 Å². The topological polar surface area (TPSA) is 119 Å². The number of likely N-dealkylation sites (N-methyl/N-ethyl adjacent to an activating group) is 1. The smallest absolute Gasteiger partial charge is 0.330 e. The molecule has 10 heteroatoms. The second-order valence-corrected chi connectivity index (χ2v) is 8.24. The third kappa shape index (κ3) is 4.32. The summed E-state index contributed by atoms with van der Waals surface area (Å²) >= 11 is 0. The van der Waals surface area contributed by atoms with Crippen LogP contribution in [0.3, 0.4) is 0 Å². The van der Waals surface area contributed by atoms with E-state index in [0.717, 1.165) is 18.5 Å². The standard InChI is InChI=1S/C20H26N6O3.ClH/c1-10(2)9-26-17-16(18(27)24-20(26)28)13(8-14(22-17)12-5-6-12)19-23-15(25-29-19)7-11(3)21-4;/h8,10-12,21H,5-7,9H2,1-4H3,(H,24,27,28);1H. The van der Waals surface area contributed by atoms with Gasteiger partial charge in [0.15, 0.2) is 11.5 Å². The predicted molar refractivity (Wildman–Crippen MR) is 116 cm³/mol. The van der Waals surface area contributed by atoms with Gasteiger partial charge < -0.3 is 9.84 Å². The molecule has 1 aliphatic rings. The van der Waals surface area contributed by atoms with Crippen molar-refractivity contribution < 1.29 is 4.52 Å². The molecule has 3 aromatic heterocycles. The number of halogens is 1. The van der Waals surface area contributed by atoms with E-state index in [9.17, 15) is 9.59 Å². The molecule has 0 saturated heterocycles. The predicted octanol–water partition coefficient (Wildman–Crippen LogP) is 2.24. The first-order chi connectivity index (χ1) is 13.9. The minimum absolute atomic E-state index is 0. The summed E-state index contributed by atoms with van der Waals surface area (Å²) in [6, 6.07) is 2.05. The maximum absolute atomic E-state index is 12.8. The molecule has 0 amide bonds. The monoisotopic (exact) mass is 434 g/mol. The van der Waals surface area contributed by atoms with Crippen LogP contribution in [0.15, 0.2) is 20.2 Å².